The molecule has 0 unspecified atom stereocenters. The standard InChI is InChI=1S/C13H22N2O/c1-3-8-16-9-7-15(2)11-12-5-4-6-13(14)10-12/h4-6,10H,3,7-9,11,14H2,1-2H3. The predicted octanol–water partition coefficient (Wildman–Crippen LogP) is 2.13. The molecule has 2 N–H and O–H groups in total. The molecular formula is C13H22N2O. The second kappa shape index (κ2) is 7.25. The quantitative estimate of drug-likeness (QED) is 0.567. The normalized spacial score (nSPS) is 10.9. The van der Waals surface area contributed by atoms with Crippen molar-refractivity contribution in [1.29, 1.82) is 0 Å². The molecule has 1 aromatic rings. The smallest absolute Gasteiger partial charge is 0.0593 e. The van der Waals surface area contributed by atoms with Crippen LogP contribution in [-0.2, 0) is 11.3 Å². The number of nitrogens with zero attached hydrogens (tertiary/aromatic N) is 1. The Morgan fingerprint density at radius 2 is 2.12 bits per heavy atom. The van der Waals surface area contributed by atoms with Gasteiger partial charge >= 0.3 is 0 Å². The first-order valence-corrected chi connectivity index (χ1v) is 5.83. The molecule has 0 saturated carbocycles. The van der Waals surface area contributed by atoms with Crippen LogP contribution in [0.3, 0.4) is 0 Å². The van der Waals surface area contributed by atoms with E-state index in [2.05, 4.69) is 24.9 Å². The van der Waals surface area contributed by atoms with Crippen LogP contribution in [0.2, 0.25) is 0 Å². The van der Waals surface area contributed by atoms with Gasteiger partial charge in [0.2, 0.25) is 0 Å². The molecule has 0 aromatic heterocycles. The topological polar surface area (TPSA) is 38.5 Å². The molecule has 90 valence electrons. The maximum absolute atomic E-state index is 5.73. The van der Waals surface area contributed by atoms with Gasteiger partial charge in [-0.1, -0.05) is 19.1 Å². The molecule has 3 heteroatoms. The average molecular weight is 222 g/mol. The highest BCUT2D eigenvalue weighted by Crippen LogP contribution is 2.08. The van der Waals surface area contributed by atoms with Gasteiger partial charge in [-0.15, -0.1) is 0 Å². The Labute approximate surface area is 98.2 Å². The molecule has 0 atom stereocenters. The van der Waals surface area contributed by atoms with Crippen molar-refractivity contribution in [3.05, 3.63) is 29.8 Å². The number of likely N-dealkylation sites (N-methyl/N-ethyl adjacent to an activating group) is 1. The van der Waals surface area contributed by atoms with Crippen molar-refractivity contribution >= 4 is 5.69 Å². The van der Waals surface area contributed by atoms with Gasteiger partial charge in [0.1, 0.15) is 0 Å². The number of rotatable bonds is 7. The number of ether oxygens (including phenoxy) is 1. The van der Waals surface area contributed by atoms with Crippen molar-refractivity contribution in [1.82, 2.24) is 4.90 Å². The van der Waals surface area contributed by atoms with Crippen molar-refractivity contribution in [2.45, 2.75) is 19.9 Å². The lowest BCUT2D eigenvalue weighted by atomic mass is 10.2. The zero-order valence-electron chi connectivity index (χ0n) is 10.3. The van der Waals surface area contributed by atoms with Gasteiger partial charge in [0.15, 0.2) is 0 Å². The van der Waals surface area contributed by atoms with E-state index < -0.39 is 0 Å². The molecule has 0 aliphatic rings. The van der Waals surface area contributed by atoms with Gasteiger partial charge < -0.3 is 10.5 Å². The third-order valence-electron chi connectivity index (χ3n) is 2.37. The maximum Gasteiger partial charge on any atom is 0.0593 e. The highest BCUT2D eigenvalue weighted by molar-refractivity contribution is 5.40. The van der Waals surface area contributed by atoms with E-state index in [1.54, 1.807) is 0 Å². The fraction of sp³-hybridized carbons (Fsp3) is 0.538. The van der Waals surface area contributed by atoms with Crippen LogP contribution in [0.1, 0.15) is 18.9 Å². The predicted molar refractivity (Wildman–Crippen MR) is 68.3 cm³/mol. The van der Waals surface area contributed by atoms with Gasteiger partial charge in [-0.3, -0.25) is 4.90 Å². The average Bonchev–Trinajstić information content (AvgIpc) is 2.24. The zero-order chi connectivity index (χ0) is 11.8. The van der Waals surface area contributed by atoms with Gasteiger partial charge in [-0.2, -0.15) is 0 Å². The van der Waals surface area contributed by atoms with Crippen LogP contribution in [0.15, 0.2) is 24.3 Å². The van der Waals surface area contributed by atoms with Gasteiger partial charge in [0.25, 0.3) is 0 Å². The van der Waals surface area contributed by atoms with Crippen molar-refractivity contribution < 1.29 is 4.74 Å². The largest absolute Gasteiger partial charge is 0.399 e. The molecule has 0 heterocycles. The summed E-state index contributed by atoms with van der Waals surface area (Å²) in [5, 5.41) is 0. The molecule has 0 aliphatic carbocycles. The molecule has 0 fully saturated rings. The van der Waals surface area contributed by atoms with Crippen molar-refractivity contribution in [3.8, 4) is 0 Å². The van der Waals surface area contributed by atoms with Crippen LogP contribution in [0.25, 0.3) is 0 Å². The van der Waals surface area contributed by atoms with Gasteiger partial charge in [0.05, 0.1) is 6.61 Å². The highest BCUT2D eigenvalue weighted by atomic mass is 16.5. The lowest BCUT2D eigenvalue weighted by Gasteiger charge is -2.16. The number of hydrogen-bond donors (Lipinski definition) is 1. The molecule has 0 bridgehead atoms. The molecular weight excluding hydrogens is 200 g/mol. The number of benzene rings is 1. The lowest BCUT2D eigenvalue weighted by Crippen LogP contribution is -2.22. The van der Waals surface area contributed by atoms with Crippen LogP contribution >= 0.6 is 0 Å². The summed E-state index contributed by atoms with van der Waals surface area (Å²) in [7, 11) is 2.10. The Bertz CT molecular complexity index is 302. The number of anilines is 1. The van der Waals surface area contributed by atoms with Crippen molar-refractivity contribution in [3.63, 3.8) is 0 Å². The molecule has 0 radical (unpaired) electrons. The van der Waals surface area contributed by atoms with Gasteiger partial charge in [-0.25, -0.2) is 0 Å². The van der Waals surface area contributed by atoms with Crippen LogP contribution in [-0.4, -0.2) is 31.7 Å². The number of nitrogens with two attached hydrogens (primary N) is 1. The molecule has 0 aliphatic heterocycles. The second-order valence-electron chi connectivity index (χ2n) is 4.10. The summed E-state index contributed by atoms with van der Waals surface area (Å²) in [6.07, 6.45) is 1.08. The summed E-state index contributed by atoms with van der Waals surface area (Å²) < 4.78 is 5.45. The molecule has 1 aromatic carbocycles. The Morgan fingerprint density at radius 3 is 2.81 bits per heavy atom. The van der Waals surface area contributed by atoms with Crippen LogP contribution in [0.4, 0.5) is 5.69 Å². The van der Waals surface area contributed by atoms with Gasteiger partial charge in [-0.05, 0) is 31.2 Å². The van der Waals surface area contributed by atoms with E-state index in [-0.39, 0.29) is 0 Å². The van der Waals surface area contributed by atoms with Crippen molar-refractivity contribution in [2.24, 2.45) is 0 Å². The Hall–Kier alpha value is -1.06. The van der Waals surface area contributed by atoms with E-state index in [9.17, 15) is 0 Å². The minimum atomic E-state index is 0.798. The van der Waals surface area contributed by atoms with E-state index in [0.717, 1.165) is 38.4 Å². The third kappa shape index (κ3) is 5.14. The first-order valence-electron chi connectivity index (χ1n) is 5.83. The zero-order valence-corrected chi connectivity index (χ0v) is 10.3. The van der Waals surface area contributed by atoms with E-state index in [1.807, 2.05) is 18.2 Å². The summed E-state index contributed by atoms with van der Waals surface area (Å²) in [5.41, 5.74) is 7.81. The minimum Gasteiger partial charge on any atom is -0.399 e. The third-order valence-corrected chi connectivity index (χ3v) is 2.37. The lowest BCUT2D eigenvalue weighted by molar-refractivity contribution is 0.110. The van der Waals surface area contributed by atoms with E-state index in [1.165, 1.54) is 5.56 Å². The van der Waals surface area contributed by atoms with Crippen LogP contribution in [0, 0.1) is 0 Å². The van der Waals surface area contributed by atoms with Crippen molar-refractivity contribution in [2.75, 3.05) is 32.5 Å². The number of hydrogen-bond acceptors (Lipinski definition) is 3. The van der Waals surface area contributed by atoms with Gasteiger partial charge in [0, 0.05) is 25.4 Å². The van der Waals surface area contributed by atoms with E-state index in [4.69, 9.17) is 10.5 Å². The summed E-state index contributed by atoms with van der Waals surface area (Å²) >= 11 is 0. The second-order valence-corrected chi connectivity index (χ2v) is 4.10. The molecule has 3 nitrogen and oxygen atoms in total. The first kappa shape index (κ1) is 13.0. The highest BCUT2D eigenvalue weighted by Gasteiger charge is 2.00. The monoisotopic (exact) mass is 222 g/mol. The van der Waals surface area contributed by atoms with Crippen LogP contribution in [0.5, 0.6) is 0 Å². The summed E-state index contributed by atoms with van der Waals surface area (Å²) in [5.74, 6) is 0. The fourth-order valence-corrected chi connectivity index (χ4v) is 1.55. The Morgan fingerprint density at radius 1 is 1.31 bits per heavy atom. The Balaban J connectivity index is 2.25. The molecule has 0 saturated heterocycles. The van der Waals surface area contributed by atoms with E-state index in [0.29, 0.717) is 0 Å². The number of nitrogen functional groups attached to an aromatic ring is 1. The summed E-state index contributed by atoms with van der Waals surface area (Å²) in [6.45, 7) is 5.64. The first-order chi connectivity index (χ1) is 7.72. The maximum atomic E-state index is 5.73. The van der Waals surface area contributed by atoms with Crippen LogP contribution < -0.4 is 5.73 Å². The molecule has 16 heavy (non-hydrogen) atoms. The molecule has 1 rings (SSSR count). The minimum absolute atomic E-state index is 0.798. The Kier molecular flexibility index (Phi) is 5.90. The summed E-state index contributed by atoms with van der Waals surface area (Å²) in [4.78, 5) is 2.24. The fourth-order valence-electron chi connectivity index (χ4n) is 1.55. The molecule has 0 amide bonds. The van der Waals surface area contributed by atoms with E-state index >= 15 is 0 Å². The SMILES string of the molecule is CCCOCCN(C)Cc1cccc(N)c1. The molecule has 0 spiro atoms. The summed E-state index contributed by atoms with van der Waals surface area (Å²) in [6, 6.07) is 8.02.